The zero-order valence-corrected chi connectivity index (χ0v) is 14.1. The summed E-state index contributed by atoms with van der Waals surface area (Å²) in [6.07, 6.45) is 3.06. The minimum atomic E-state index is 0.0611. The molecule has 106 valence electrons. The molecule has 0 N–H and O–H groups in total. The molecule has 1 amide bonds. The lowest BCUT2D eigenvalue weighted by Gasteiger charge is -2.28. The molecule has 0 aromatic heterocycles. The maximum Gasteiger partial charge on any atom is 0.254 e. The van der Waals surface area contributed by atoms with Crippen molar-refractivity contribution < 1.29 is 4.79 Å². The second kappa shape index (κ2) is 7.91. The van der Waals surface area contributed by atoms with Crippen LogP contribution in [0.5, 0.6) is 0 Å². The molecule has 0 aliphatic carbocycles. The van der Waals surface area contributed by atoms with Crippen LogP contribution in [0, 0.1) is 0 Å². The van der Waals surface area contributed by atoms with Crippen molar-refractivity contribution in [1.29, 1.82) is 0 Å². The lowest BCUT2D eigenvalue weighted by Crippen LogP contribution is -2.39. The summed E-state index contributed by atoms with van der Waals surface area (Å²) in [5.41, 5.74) is 0.649. The zero-order valence-electron chi connectivity index (χ0n) is 11.7. The number of hydrogen-bond acceptors (Lipinski definition) is 1. The molecule has 0 saturated heterocycles. The van der Waals surface area contributed by atoms with E-state index in [9.17, 15) is 4.79 Å². The highest BCUT2D eigenvalue weighted by atomic mass is 79.9. The molecular formula is C15H21BrClNO. The van der Waals surface area contributed by atoms with Crippen LogP contribution in [0.1, 0.15) is 50.4 Å². The highest BCUT2D eigenvalue weighted by molar-refractivity contribution is 9.10. The summed E-state index contributed by atoms with van der Waals surface area (Å²) in [6, 6.07) is 5.60. The molecule has 0 saturated carbocycles. The minimum Gasteiger partial charge on any atom is -0.336 e. The molecule has 1 unspecified atom stereocenters. The Kier molecular flexibility index (Phi) is 6.87. The van der Waals surface area contributed by atoms with Crippen molar-refractivity contribution in [2.45, 2.75) is 46.1 Å². The smallest absolute Gasteiger partial charge is 0.254 e. The predicted octanol–water partition coefficient (Wildman–Crippen LogP) is 5.14. The van der Waals surface area contributed by atoms with Gasteiger partial charge in [-0.05, 0) is 38.0 Å². The molecule has 0 aliphatic rings. The fourth-order valence-corrected chi connectivity index (χ4v) is 2.77. The highest BCUT2D eigenvalue weighted by Crippen LogP contribution is 2.22. The van der Waals surface area contributed by atoms with Crippen LogP contribution in [0.3, 0.4) is 0 Å². The number of hydrogen-bond donors (Lipinski definition) is 0. The first-order valence-electron chi connectivity index (χ1n) is 6.76. The molecule has 0 heterocycles. The molecule has 0 aliphatic heterocycles. The van der Waals surface area contributed by atoms with Crippen LogP contribution < -0.4 is 0 Å². The average Bonchev–Trinajstić information content (AvgIpc) is 2.37. The van der Waals surface area contributed by atoms with Gasteiger partial charge < -0.3 is 4.90 Å². The number of nitrogens with zero attached hydrogens (tertiary/aromatic N) is 1. The average molecular weight is 347 g/mol. The molecule has 0 fully saturated rings. The van der Waals surface area contributed by atoms with Gasteiger partial charge in [-0.2, -0.15) is 0 Å². The second-order valence-electron chi connectivity index (χ2n) is 4.77. The van der Waals surface area contributed by atoms with Crippen molar-refractivity contribution in [3.05, 3.63) is 33.3 Å². The van der Waals surface area contributed by atoms with Crippen molar-refractivity contribution in [3.8, 4) is 0 Å². The standard InChI is InChI=1S/C15H21BrClNO/c1-4-6-7-18(11(3)5-2)15(19)12-8-13(16)10-14(17)9-12/h8-11H,4-7H2,1-3H3. The van der Waals surface area contributed by atoms with E-state index in [-0.39, 0.29) is 11.9 Å². The number of unbranched alkanes of at least 4 members (excludes halogenated alkanes) is 1. The molecule has 1 aromatic carbocycles. The predicted molar refractivity (Wildman–Crippen MR) is 84.8 cm³/mol. The first-order valence-corrected chi connectivity index (χ1v) is 7.93. The molecule has 1 aromatic rings. The Morgan fingerprint density at radius 3 is 2.58 bits per heavy atom. The van der Waals surface area contributed by atoms with E-state index < -0.39 is 0 Å². The maximum absolute atomic E-state index is 12.6. The molecule has 0 radical (unpaired) electrons. The Morgan fingerprint density at radius 2 is 2.05 bits per heavy atom. The van der Waals surface area contributed by atoms with E-state index in [2.05, 4.69) is 36.7 Å². The fraction of sp³-hybridized carbons (Fsp3) is 0.533. The Labute approximate surface area is 129 Å². The third-order valence-corrected chi connectivity index (χ3v) is 3.92. The summed E-state index contributed by atoms with van der Waals surface area (Å²) < 4.78 is 0.836. The van der Waals surface area contributed by atoms with E-state index in [1.54, 1.807) is 12.1 Å². The number of halogens is 2. The molecule has 0 bridgehead atoms. The zero-order chi connectivity index (χ0) is 14.4. The van der Waals surface area contributed by atoms with E-state index >= 15 is 0 Å². The van der Waals surface area contributed by atoms with Crippen LogP contribution in [-0.2, 0) is 0 Å². The summed E-state index contributed by atoms with van der Waals surface area (Å²) in [7, 11) is 0. The van der Waals surface area contributed by atoms with E-state index in [1.807, 2.05) is 11.0 Å². The number of rotatable bonds is 6. The van der Waals surface area contributed by atoms with Crippen molar-refractivity contribution >= 4 is 33.4 Å². The van der Waals surface area contributed by atoms with E-state index in [0.29, 0.717) is 10.6 Å². The lowest BCUT2D eigenvalue weighted by atomic mass is 10.1. The van der Waals surface area contributed by atoms with Gasteiger partial charge in [0.1, 0.15) is 0 Å². The Balaban J connectivity index is 2.97. The van der Waals surface area contributed by atoms with Crippen LogP contribution in [0.4, 0.5) is 0 Å². The maximum atomic E-state index is 12.6. The molecule has 1 rings (SSSR count). The number of benzene rings is 1. The number of carbonyl (C=O) groups is 1. The fourth-order valence-electron chi connectivity index (χ4n) is 1.91. The van der Waals surface area contributed by atoms with Crippen molar-refractivity contribution in [2.75, 3.05) is 6.54 Å². The third kappa shape index (κ3) is 4.81. The van der Waals surface area contributed by atoms with Gasteiger partial charge in [0.05, 0.1) is 0 Å². The van der Waals surface area contributed by atoms with Crippen LogP contribution >= 0.6 is 27.5 Å². The SMILES string of the molecule is CCCCN(C(=O)c1cc(Cl)cc(Br)c1)C(C)CC. The summed E-state index contributed by atoms with van der Waals surface area (Å²) in [5.74, 6) is 0.0611. The molecular weight excluding hydrogens is 326 g/mol. The summed E-state index contributed by atoms with van der Waals surface area (Å²) in [6.45, 7) is 7.13. The Bertz CT molecular complexity index is 416. The molecule has 19 heavy (non-hydrogen) atoms. The van der Waals surface area contributed by atoms with Gasteiger partial charge in [0.2, 0.25) is 0 Å². The van der Waals surface area contributed by atoms with Crippen LogP contribution in [-0.4, -0.2) is 23.4 Å². The van der Waals surface area contributed by atoms with Gasteiger partial charge >= 0.3 is 0 Å². The van der Waals surface area contributed by atoms with E-state index in [1.165, 1.54) is 0 Å². The van der Waals surface area contributed by atoms with Crippen LogP contribution in [0.25, 0.3) is 0 Å². The topological polar surface area (TPSA) is 20.3 Å². The first-order chi connectivity index (χ1) is 8.99. The molecule has 2 nitrogen and oxygen atoms in total. The van der Waals surface area contributed by atoms with Gasteiger partial charge in [-0.3, -0.25) is 4.79 Å². The van der Waals surface area contributed by atoms with Gasteiger partial charge in [0, 0.05) is 27.6 Å². The van der Waals surface area contributed by atoms with Gasteiger partial charge in [-0.25, -0.2) is 0 Å². The molecule has 0 spiro atoms. The lowest BCUT2D eigenvalue weighted by molar-refractivity contribution is 0.0685. The van der Waals surface area contributed by atoms with E-state index in [0.717, 1.165) is 30.3 Å². The molecule has 1 atom stereocenters. The highest BCUT2D eigenvalue weighted by Gasteiger charge is 2.20. The van der Waals surface area contributed by atoms with Crippen LogP contribution in [0.2, 0.25) is 5.02 Å². The van der Waals surface area contributed by atoms with E-state index in [4.69, 9.17) is 11.6 Å². The van der Waals surface area contributed by atoms with Gasteiger partial charge in [-0.15, -0.1) is 0 Å². The second-order valence-corrected chi connectivity index (χ2v) is 6.12. The summed E-state index contributed by atoms with van der Waals surface area (Å²) in [5, 5.41) is 0.581. The minimum absolute atomic E-state index is 0.0611. The Hall–Kier alpha value is -0.540. The summed E-state index contributed by atoms with van der Waals surface area (Å²) in [4.78, 5) is 14.5. The third-order valence-electron chi connectivity index (χ3n) is 3.25. The first kappa shape index (κ1) is 16.5. The number of carbonyl (C=O) groups excluding carboxylic acids is 1. The number of amides is 1. The van der Waals surface area contributed by atoms with Crippen molar-refractivity contribution in [1.82, 2.24) is 4.90 Å². The quantitative estimate of drug-likeness (QED) is 0.698. The van der Waals surface area contributed by atoms with Gasteiger partial charge in [-0.1, -0.05) is 47.8 Å². The normalized spacial score (nSPS) is 12.3. The van der Waals surface area contributed by atoms with Crippen molar-refractivity contribution in [3.63, 3.8) is 0 Å². The van der Waals surface area contributed by atoms with Crippen molar-refractivity contribution in [2.24, 2.45) is 0 Å². The van der Waals surface area contributed by atoms with Crippen LogP contribution in [0.15, 0.2) is 22.7 Å². The van der Waals surface area contributed by atoms with Gasteiger partial charge in [0.15, 0.2) is 0 Å². The summed E-state index contributed by atoms with van der Waals surface area (Å²) >= 11 is 9.40. The monoisotopic (exact) mass is 345 g/mol. The van der Waals surface area contributed by atoms with Gasteiger partial charge in [0.25, 0.3) is 5.91 Å². The molecule has 4 heteroatoms. The largest absolute Gasteiger partial charge is 0.336 e. The Morgan fingerprint density at radius 1 is 1.37 bits per heavy atom.